The lowest BCUT2D eigenvalue weighted by Gasteiger charge is -2.14. The van der Waals surface area contributed by atoms with Crippen LogP contribution < -0.4 is 10.5 Å². The molecule has 4 heteroatoms. The first kappa shape index (κ1) is 17.3. The maximum absolute atomic E-state index is 6.23. The van der Waals surface area contributed by atoms with Crippen LogP contribution in [0.15, 0.2) is 72.8 Å². The molecule has 0 radical (unpaired) electrons. The number of ether oxygens (including phenoxy) is 1. The van der Waals surface area contributed by atoms with Gasteiger partial charge in [-0.25, -0.2) is 0 Å². The van der Waals surface area contributed by atoms with Crippen LogP contribution in [-0.4, -0.2) is 22.8 Å². The van der Waals surface area contributed by atoms with E-state index in [9.17, 15) is 0 Å². The Kier molecular flexibility index (Phi) is 4.90. The number of hydrogen-bond donors (Lipinski definition) is 2. The lowest BCUT2D eigenvalue weighted by Crippen LogP contribution is -2.30. The first-order valence-corrected chi connectivity index (χ1v) is 9.16. The maximum Gasteiger partial charge on any atom is 0.119 e. The van der Waals surface area contributed by atoms with Gasteiger partial charge in [-0.05, 0) is 54.3 Å². The van der Waals surface area contributed by atoms with Gasteiger partial charge in [0.2, 0.25) is 0 Å². The molecule has 0 aliphatic carbocycles. The topological polar surface area (TPSA) is 63.9 Å². The van der Waals surface area contributed by atoms with E-state index < -0.39 is 0 Å². The molecule has 0 fully saturated rings. The molecule has 1 heterocycles. The zero-order valence-electron chi connectivity index (χ0n) is 15.4. The highest BCUT2D eigenvalue weighted by Crippen LogP contribution is 2.27. The lowest BCUT2D eigenvalue weighted by molar-refractivity contribution is 0.288. The molecule has 0 amide bonds. The van der Waals surface area contributed by atoms with Crippen LogP contribution in [0.25, 0.3) is 22.0 Å². The minimum absolute atomic E-state index is 0.0408. The second-order valence-electron chi connectivity index (χ2n) is 6.87. The molecule has 4 nitrogen and oxygen atoms in total. The summed E-state index contributed by atoms with van der Waals surface area (Å²) in [5.41, 5.74) is 11.8. The Morgan fingerprint density at radius 3 is 2.63 bits per heavy atom. The zero-order valence-corrected chi connectivity index (χ0v) is 15.4. The Hall–Kier alpha value is -3.11. The molecule has 0 saturated heterocycles. The first-order valence-electron chi connectivity index (χ1n) is 9.16. The lowest BCUT2D eigenvalue weighted by atomic mass is 10.0. The molecule has 0 bridgehead atoms. The van der Waals surface area contributed by atoms with Crippen LogP contribution in [-0.2, 0) is 6.42 Å². The summed E-state index contributed by atoms with van der Waals surface area (Å²) in [4.78, 5) is 0. The molecule has 0 saturated carbocycles. The molecular weight excluding hydrogens is 334 g/mol. The van der Waals surface area contributed by atoms with Gasteiger partial charge in [-0.1, -0.05) is 48.5 Å². The summed E-state index contributed by atoms with van der Waals surface area (Å²) >= 11 is 0. The molecule has 4 aromatic rings. The van der Waals surface area contributed by atoms with Crippen molar-refractivity contribution in [3.05, 3.63) is 84.1 Å². The summed E-state index contributed by atoms with van der Waals surface area (Å²) in [6.07, 6.45) is 0.803. The van der Waals surface area contributed by atoms with Crippen molar-refractivity contribution in [1.29, 1.82) is 0 Å². The summed E-state index contributed by atoms with van der Waals surface area (Å²) < 4.78 is 5.95. The van der Waals surface area contributed by atoms with Crippen molar-refractivity contribution in [3.63, 3.8) is 0 Å². The van der Waals surface area contributed by atoms with Crippen molar-refractivity contribution >= 4 is 10.9 Å². The summed E-state index contributed by atoms with van der Waals surface area (Å²) in [5.74, 6) is 0.833. The second kappa shape index (κ2) is 7.64. The third-order valence-electron chi connectivity index (χ3n) is 4.72. The van der Waals surface area contributed by atoms with Crippen LogP contribution in [0.2, 0.25) is 0 Å². The molecular formula is C23H23N3O. The number of fused-ring (bicyclic) bond motifs is 1. The van der Waals surface area contributed by atoms with Crippen molar-refractivity contribution in [2.75, 3.05) is 6.61 Å². The molecule has 0 spiro atoms. The number of aryl methyl sites for hydroxylation is 1. The molecule has 1 unspecified atom stereocenters. The largest absolute Gasteiger partial charge is 0.492 e. The predicted molar refractivity (Wildman–Crippen MR) is 110 cm³/mol. The van der Waals surface area contributed by atoms with Gasteiger partial charge in [-0.15, -0.1) is 0 Å². The molecule has 27 heavy (non-hydrogen) atoms. The highest BCUT2D eigenvalue weighted by molar-refractivity contribution is 5.86. The van der Waals surface area contributed by atoms with Gasteiger partial charge < -0.3 is 10.5 Å². The van der Waals surface area contributed by atoms with Gasteiger partial charge in [0.15, 0.2) is 0 Å². The predicted octanol–water partition coefficient (Wildman–Crippen LogP) is 4.49. The summed E-state index contributed by atoms with van der Waals surface area (Å²) in [5, 5.41) is 8.46. The van der Waals surface area contributed by atoms with Gasteiger partial charge in [0.25, 0.3) is 0 Å². The van der Waals surface area contributed by atoms with Crippen molar-refractivity contribution in [2.45, 2.75) is 19.4 Å². The van der Waals surface area contributed by atoms with Gasteiger partial charge in [0.05, 0.1) is 5.52 Å². The number of rotatable bonds is 6. The Morgan fingerprint density at radius 2 is 1.78 bits per heavy atom. The van der Waals surface area contributed by atoms with Crippen LogP contribution in [0, 0.1) is 6.92 Å². The van der Waals surface area contributed by atoms with Gasteiger partial charge in [0, 0.05) is 17.1 Å². The van der Waals surface area contributed by atoms with Crippen molar-refractivity contribution < 1.29 is 4.74 Å². The molecule has 3 N–H and O–H groups in total. The third-order valence-corrected chi connectivity index (χ3v) is 4.72. The average Bonchev–Trinajstić information content (AvgIpc) is 3.08. The first-order chi connectivity index (χ1) is 13.2. The van der Waals surface area contributed by atoms with Crippen LogP contribution in [0.4, 0.5) is 0 Å². The number of nitrogens with two attached hydrogens (primary N) is 1. The van der Waals surface area contributed by atoms with Gasteiger partial charge >= 0.3 is 0 Å². The number of benzene rings is 3. The van der Waals surface area contributed by atoms with E-state index in [-0.39, 0.29) is 6.04 Å². The van der Waals surface area contributed by atoms with Crippen molar-refractivity contribution in [3.8, 4) is 16.9 Å². The number of aromatic amines is 1. The van der Waals surface area contributed by atoms with Crippen LogP contribution >= 0.6 is 0 Å². The Bertz CT molecular complexity index is 1040. The number of aromatic nitrogens is 2. The van der Waals surface area contributed by atoms with Crippen LogP contribution in [0.3, 0.4) is 0 Å². The number of nitrogens with one attached hydrogen (secondary N) is 1. The van der Waals surface area contributed by atoms with E-state index in [4.69, 9.17) is 10.5 Å². The minimum Gasteiger partial charge on any atom is -0.492 e. The molecule has 136 valence electrons. The fourth-order valence-corrected chi connectivity index (χ4v) is 3.26. The van der Waals surface area contributed by atoms with E-state index in [1.165, 1.54) is 5.56 Å². The monoisotopic (exact) mass is 357 g/mol. The third kappa shape index (κ3) is 4.01. The summed E-state index contributed by atoms with van der Waals surface area (Å²) in [6, 6.07) is 24.6. The number of H-pyrrole nitrogens is 1. The SMILES string of the molecule is Cc1[nH]nc2ccc(-c3cccc(OCC(N)Cc4ccccc4)c3)cc12. The van der Waals surface area contributed by atoms with E-state index in [0.29, 0.717) is 6.61 Å². The molecule has 4 rings (SSSR count). The van der Waals surface area contributed by atoms with E-state index in [2.05, 4.69) is 46.6 Å². The van der Waals surface area contributed by atoms with E-state index in [0.717, 1.165) is 39.9 Å². The normalized spacial score (nSPS) is 12.2. The summed E-state index contributed by atoms with van der Waals surface area (Å²) in [7, 11) is 0. The standard InChI is InChI=1S/C23H23N3O/c1-16-22-14-19(10-11-23(22)26-25-16)18-8-5-9-21(13-18)27-15-20(24)12-17-6-3-2-4-7-17/h2-11,13-14,20H,12,15,24H2,1H3,(H,25,26). The average molecular weight is 357 g/mol. The molecule has 3 aromatic carbocycles. The Labute approximate surface area is 159 Å². The second-order valence-corrected chi connectivity index (χ2v) is 6.87. The Morgan fingerprint density at radius 1 is 0.963 bits per heavy atom. The maximum atomic E-state index is 6.23. The van der Waals surface area contributed by atoms with Gasteiger partial charge in [0.1, 0.15) is 12.4 Å². The molecule has 0 aliphatic rings. The minimum atomic E-state index is -0.0408. The van der Waals surface area contributed by atoms with Gasteiger partial charge in [-0.2, -0.15) is 5.10 Å². The van der Waals surface area contributed by atoms with E-state index in [1.54, 1.807) is 0 Å². The highest BCUT2D eigenvalue weighted by atomic mass is 16.5. The highest BCUT2D eigenvalue weighted by Gasteiger charge is 2.08. The van der Waals surface area contributed by atoms with Crippen molar-refractivity contribution in [2.24, 2.45) is 5.73 Å². The fourth-order valence-electron chi connectivity index (χ4n) is 3.26. The van der Waals surface area contributed by atoms with Crippen LogP contribution in [0.5, 0.6) is 5.75 Å². The van der Waals surface area contributed by atoms with Crippen molar-refractivity contribution in [1.82, 2.24) is 10.2 Å². The van der Waals surface area contributed by atoms with E-state index >= 15 is 0 Å². The van der Waals surface area contributed by atoms with E-state index in [1.807, 2.05) is 43.3 Å². The van der Waals surface area contributed by atoms with Crippen LogP contribution in [0.1, 0.15) is 11.3 Å². The molecule has 0 aliphatic heterocycles. The molecule has 1 atom stereocenters. The Balaban J connectivity index is 1.46. The summed E-state index contributed by atoms with van der Waals surface area (Å²) in [6.45, 7) is 2.52. The zero-order chi connectivity index (χ0) is 18.6. The number of nitrogens with zero attached hydrogens (tertiary/aromatic N) is 1. The smallest absolute Gasteiger partial charge is 0.119 e. The fraction of sp³-hybridized carbons (Fsp3) is 0.174. The number of hydrogen-bond acceptors (Lipinski definition) is 3. The quantitative estimate of drug-likeness (QED) is 0.534. The molecule has 1 aromatic heterocycles. The van der Waals surface area contributed by atoms with Gasteiger partial charge in [-0.3, -0.25) is 5.10 Å².